The highest BCUT2D eigenvalue weighted by Crippen LogP contribution is 2.15. The second-order valence-electron chi connectivity index (χ2n) is 4.34. The van der Waals surface area contributed by atoms with Crippen LogP contribution in [0.2, 0.25) is 0 Å². The summed E-state index contributed by atoms with van der Waals surface area (Å²) in [7, 11) is 1.77. The van der Waals surface area contributed by atoms with Crippen molar-refractivity contribution in [1.82, 2.24) is 20.1 Å². The van der Waals surface area contributed by atoms with Crippen molar-refractivity contribution >= 4 is 5.91 Å². The molecule has 1 aliphatic heterocycles. The van der Waals surface area contributed by atoms with E-state index in [0.29, 0.717) is 12.6 Å². The van der Waals surface area contributed by atoms with Crippen LogP contribution in [0.4, 0.5) is 0 Å². The minimum atomic E-state index is -0.127. The Kier molecular flexibility index (Phi) is 4.08. The van der Waals surface area contributed by atoms with Gasteiger partial charge in [0.15, 0.2) is 0 Å². The van der Waals surface area contributed by atoms with Crippen LogP contribution in [-0.4, -0.2) is 52.3 Å². The fourth-order valence-corrected chi connectivity index (χ4v) is 1.96. The fraction of sp³-hybridized carbons (Fsp3) is 0.727. The number of hydrogen-bond donors (Lipinski definition) is 1. The predicted octanol–water partition coefficient (Wildman–Crippen LogP) is 0.836. The number of carbonyl (C=O) groups is 1. The molecule has 1 fully saturated rings. The Morgan fingerprint density at radius 2 is 2.53 bits per heavy atom. The lowest BCUT2D eigenvalue weighted by molar-refractivity contribution is 0.00702. The molecule has 0 aliphatic carbocycles. The molecule has 0 aromatic carbocycles. The van der Waals surface area contributed by atoms with Gasteiger partial charge in [0.1, 0.15) is 6.33 Å². The van der Waals surface area contributed by atoms with E-state index < -0.39 is 0 Å². The summed E-state index contributed by atoms with van der Waals surface area (Å²) >= 11 is 0. The molecule has 6 nitrogen and oxygen atoms in total. The molecule has 0 bridgehead atoms. The predicted molar refractivity (Wildman–Crippen MR) is 61.6 cm³/mol. The normalized spacial score (nSPS) is 20.2. The van der Waals surface area contributed by atoms with Crippen molar-refractivity contribution in [3.8, 4) is 0 Å². The third kappa shape index (κ3) is 3.26. The minimum absolute atomic E-state index is 0.127. The molecule has 0 spiro atoms. The first kappa shape index (κ1) is 12.0. The zero-order valence-electron chi connectivity index (χ0n) is 10.1. The zero-order chi connectivity index (χ0) is 12.1. The Morgan fingerprint density at radius 3 is 3.18 bits per heavy atom. The summed E-state index contributed by atoms with van der Waals surface area (Å²) in [5, 5.41) is 6.24. The van der Waals surface area contributed by atoms with Crippen molar-refractivity contribution in [3.63, 3.8) is 0 Å². The van der Waals surface area contributed by atoms with Crippen LogP contribution in [0.1, 0.15) is 36.3 Å². The maximum atomic E-state index is 11.8. The summed E-state index contributed by atoms with van der Waals surface area (Å²) in [6.07, 6.45) is 6.01. The van der Waals surface area contributed by atoms with Gasteiger partial charge in [0.25, 0.3) is 5.91 Å². The Balaban J connectivity index is 1.76. The van der Waals surface area contributed by atoms with E-state index in [2.05, 4.69) is 15.2 Å². The van der Waals surface area contributed by atoms with Crippen LogP contribution in [0, 0.1) is 0 Å². The van der Waals surface area contributed by atoms with E-state index in [9.17, 15) is 4.79 Å². The molecule has 1 N–H and O–H groups in total. The molecular weight excluding hydrogens is 220 g/mol. The van der Waals surface area contributed by atoms with Crippen molar-refractivity contribution in [2.75, 3.05) is 20.2 Å². The number of hydrogen-bond acceptors (Lipinski definition) is 4. The van der Waals surface area contributed by atoms with Gasteiger partial charge in [0.2, 0.25) is 5.82 Å². The second-order valence-corrected chi connectivity index (χ2v) is 4.34. The van der Waals surface area contributed by atoms with Gasteiger partial charge in [-0.1, -0.05) is 0 Å². The van der Waals surface area contributed by atoms with Crippen molar-refractivity contribution < 1.29 is 9.53 Å². The highest BCUT2D eigenvalue weighted by Gasteiger charge is 2.18. The van der Waals surface area contributed by atoms with E-state index in [4.69, 9.17) is 4.74 Å². The maximum absolute atomic E-state index is 11.8. The molecule has 1 aliphatic rings. The van der Waals surface area contributed by atoms with Gasteiger partial charge in [-0.05, 0) is 25.7 Å². The lowest BCUT2D eigenvalue weighted by atomic mass is 10.1. The summed E-state index contributed by atoms with van der Waals surface area (Å²) in [6, 6.07) is 0. The Morgan fingerprint density at radius 1 is 1.65 bits per heavy atom. The lowest BCUT2D eigenvalue weighted by Crippen LogP contribution is -2.32. The topological polar surface area (TPSA) is 71.1 Å². The Bertz CT molecular complexity index is 346. The average Bonchev–Trinajstić information content (AvgIpc) is 2.90. The van der Waals surface area contributed by atoms with Gasteiger partial charge in [-0.3, -0.25) is 9.89 Å². The number of nitrogens with zero attached hydrogens (tertiary/aromatic N) is 3. The molecule has 1 unspecified atom stereocenters. The van der Waals surface area contributed by atoms with Crippen molar-refractivity contribution in [3.05, 3.63) is 12.2 Å². The first-order chi connectivity index (χ1) is 8.27. The molecule has 0 saturated carbocycles. The van der Waals surface area contributed by atoms with Gasteiger partial charge in [-0.15, -0.1) is 0 Å². The smallest absolute Gasteiger partial charge is 0.290 e. The molecule has 1 aromatic heterocycles. The molecule has 17 heavy (non-hydrogen) atoms. The molecule has 6 heteroatoms. The van der Waals surface area contributed by atoms with Gasteiger partial charge in [0, 0.05) is 20.2 Å². The maximum Gasteiger partial charge on any atom is 0.290 e. The number of rotatable bonds is 4. The third-order valence-corrected chi connectivity index (χ3v) is 3.02. The molecule has 1 atom stereocenters. The first-order valence-electron chi connectivity index (χ1n) is 6.00. The van der Waals surface area contributed by atoms with Gasteiger partial charge < -0.3 is 9.64 Å². The van der Waals surface area contributed by atoms with E-state index >= 15 is 0 Å². The van der Waals surface area contributed by atoms with E-state index in [-0.39, 0.29) is 11.7 Å². The van der Waals surface area contributed by atoms with Crippen molar-refractivity contribution in [2.24, 2.45) is 0 Å². The Labute approximate surface area is 100 Å². The van der Waals surface area contributed by atoms with Crippen LogP contribution in [0.15, 0.2) is 6.33 Å². The van der Waals surface area contributed by atoms with Crippen LogP contribution in [-0.2, 0) is 4.74 Å². The van der Waals surface area contributed by atoms with Crippen LogP contribution < -0.4 is 0 Å². The minimum Gasteiger partial charge on any atom is -0.378 e. The van der Waals surface area contributed by atoms with Crippen LogP contribution in [0.5, 0.6) is 0 Å². The molecule has 94 valence electrons. The van der Waals surface area contributed by atoms with Gasteiger partial charge in [-0.25, -0.2) is 4.98 Å². The van der Waals surface area contributed by atoms with Gasteiger partial charge in [0.05, 0.1) is 6.10 Å². The zero-order valence-corrected chi connectivity index (χ0v) is 10.1. The van der Waals surface area contributed by atoms with Crippen LogP contribution >= 0.6 is 0 Å². The summed E-state index contributed by atoms with van der Waals surface area (Å²) in [5.41, 5.74) is 0. The number of nitrogens with one attached hydrogen (secondary N) is 1. The SMILES string of the molecule is CN(CCC1CCCCO1)C(=O)c1ncn[nH]1. The first-order valence-corrected chi connectivity index (χ1v) is 6.00. The standard InChI is InChI=1S/C11H18N4O2/c1-15(11(16)10-12-8-13-14-10)6-5-9-4-2-3-7-17-9/h8-9H,2-7H2,1H3,(H,12,13,14). The largest absolute Gasteiger partial charge is 0.378 e. The number of H-pyrrole nitrogens is 1. The van der Waals surface area contributed by atoms with E-state index in [1.807, 2.05) is 0 Å². The molecular formula is C11H18N4O2. The molecule has 1 amide bonds. The number of amides is 1. The fourth-order valence-electron chi connectivity index (χ4n) is 1.96. The quantitative estimate of drug-likeness (QED) is 0.843. The molecule has 2 heterocycles. The van der Waals surface area contributed by atoms with E-state index in [0.717, 1.165) is 25.9 Å². The highest BCUT2D eigenvalue weighted by atomic mass is 16.5. The summed E-state index contributed by atoms with van der Waals surface area (Å²) < 4.78 is 5.63. The van der Waals surface area contributed by atoms with Gasteiger partial charge >= 0.3 is 0 Å². The van der Waals surface area contributed by atoms with Crippen molar-refractivity contribution in [1.29, 1.82) is 0 Å². The number of aromatic nitrogens is 3. The average molecular weight is 238 g/mol. The second kappa shape index (κ2) is 5.77. The number of aromatic amines is 1. The van der Waals surface area contributed by atoms with Gasteiger partial charge in [-0.2, -0.15) is 5.10 Å². The monoisotopic (exact) mass is 238 g/mol. The summed E-state index contributed by atoms with van der Waals surface area (Å²) in [4.78, 5) is 17.3. The van der Waals surface area contributed by atoms with E-state index in [1.54, 1.807) is 11.9 Å². The lowest BCUT2D eigenvalue weighted by Gasteiger charge is -2.24. The third-order valence-electron chi connectivity index (χ3n) is 3.02. The molecule has 2 rings (SSSR count). The summed E-state index contributed by atoms with van der Waals surface area (Å²) in [6.45, 7) is 1.54. The molecule has 1 saturated heterocycles. The van der Waals surface area contributed by atoms with Crippen LogP contribution in [0.25, 0.3) is 0 Å². The number of ether oxygens (including phenoxy) is 1. The molecule has 0 radical (unpaired) electrons. The highest BCUT2D eigenvalue weighted by molar-refractivity contribution is 5.90. The van der Waals surface area contributed by atoms with Crippen LogP contribution in [0.3, 0.4) is 0 Å². The summed E-state index contributed by atoms with van der Waals surface area (Å²) in [5.74, 6) is 0.162. The van der Waals surface area contributed by atoms with Crippen molar-refractivity contribution in [2.45, 2.75) is 31.8 Å². The number of carbonyl (C=O) groups excluding carboxylic acids is 1. The Hall–Kier alpha value is -1.43. The van der Waals surface area contributed by atoms with E-state index in [1.165, 1.54) is 12.7 Å². The molecule has 1 aromatic rings.